The van der Waals surface area contributed by atoms with Crippen LogP contribution < -0.4 is 11.5 Å². The average molecular weight is 598 g/mol. The van der Waals surface area contributed by atoms with Gasteiger partial charge in [0.2, 0.25) is 11.7 Å². The first-order valence-electron chi connectivity index (χ1n) is 14.0. The van der Waals surface area contributed by atoms with Crippen LogP contribution in [0.1, 0.15) is 83.4 Å². The van der Waals surface area contributed by atoms with E-state index in [0.717, 1.165) is 30.1 Å². The number of likely N-dealkylation sites (tertiary alicyclic amines) is 1. The van der Waals surface area contributed by atoms with Crippen LogP contribution in [-0.4, -0.2) is 88.6 Å². The summed E-state index contributed by atoms with van der Waals surface area (Å²) in [7, 11) is 0. The average Bonchev–Trinajstić information content (AvgIpc) is 3.60. The zero-order valence-electron chi connectivity index (χ0n) is 23.1. The van der Waals surface area contributed by atoms with Crippen molar-refractivity contribution in [2.75, 3.05) is 18.1 Å². The van der Waals surface area contributed by atoms with Crippen LogP contribution >= 0.6 is 23.5 Å². The summed E-state index contributed by atoms with van der Waals surface area (Å²) < 4.78 is 2.35. The molecule has 4 rings (SSSR count). The SMILES string of the molecule is CC(C)(O)c1cnnn1[C@H]1C[C@@H](C(=O)N(Cl)C2(C(=O)C(N)=O)CCSCC2)N(C(=O)[C@H](N)CC2CCCCC2)C1. The maximum absolute atomic E-state index is 14.1. The van der Waals surface area contributed by atoms with E-state index in [1.807, 2.05) is 0 Å². The van der Waals surface area contributed by atoms with E-state index in [0.29, 0.717) is 29.5 Å². The predicted octanol–water partition coefficient (Wildman–Crippen LogP) is 1.25. The van der Waals surface area contributed by atoms with Crippen molar-refractivity contribution in [1.82, 2.24) is 24.3 Å². The van der Waals surface area contributed by atoms with E-state index in [-0.39, 0.29) is 31.7 Å². The summed E-state index contributed by atoms with van der Waals surface area (Å²) in [5.74, 6) is -1.74. The number of nitrogens with zero attached hydrogens (tertiary/aromatic N) is 5. The molecule has 3 atom stereocenters. The van der Waals surface area contributed by atoms with Crippen molar-refractivity contribution in [2.24, 2.45) is 17.4 Å². The number of hydrogen-bond acceptors (Lipinski definition) is 9. The van der Waals surface area contributed by atoms with Crippen molar-refractivity contribution in [3.8, 4) is 0 Å². The van der Waals surface area contributed by atoms with Gasteiger partial charge < -0.3 is 21.5 Å². The molecule has 1 aromatic rings. The molecule has 3 heterocycles. The molecule has 14 heteroatoms. The van der Waals surface area contributed by atoms with Gasteiger partial charge in [-0.1, -0.05) is 37.3 Å². The van der Waals surface area contributed by atoms with E-state index in [1.165, 1.54) is 22.2 Å². The van der Waals surface area contributed by atoms with Gasteiger partial charge in [0.1, 0.15) is 17.2 Å². The predicted molar refractivity (Wildman–Crippen MR) is 150 cm³/mol. The zero-order chi connectivity index (χ0) is 29.2. The molecule has 1 aromatic heterocycles. The fourth-order valence-electron chi connectivity index (χ4n) is 6.31. The Balaban J connectivity index is 1.64. The largest absolute Gasteiger partial charge is 0.384 e. The molecule has 2 saturated heterocycles. The maximum atomic E-state index is 14.1. The molecule has 0 aromatic carbocycles. The molecule has 222 valence electrons. The van der Waals surface area contributed by atoms with E-state index in [2.05, 4.69) is 10.3 Å². The van der Waals surface area contributed by atoms with Gasteiger partial charge in [-0.25, -0.2) is 9.10 Å². The molecular weight excluding hydrogens is 558 g/mol. The van der Waals surface area contributed by atoms with Gasteiger partial charge in [0.05, 0.1) is 24.0 Å². The fourth-order valence-corrected chi connectivity index (χ4v) is 7.84. The number of aliphatic hydroxyl groups is 1. The molecule has 3 fully saturated rings. The summed E-state index contributed by atoms with van der Waals surface area (Å²) in [5.41, 5.74) is 9.39. The minimum absolute atomic E-state index is 0.0946. The minimum Gasteiger partial charge on any atom is -0.384 e. The molecular formula is C26H40ClN7O5S. The van der Waals surface area contributed by atoms with E-state index >= 15 is 0 Å². The van der Waals surface area contributed by atoms with Gasteiger partial charge >= 0.3 is 0 Å². The number of carbonyl (C=O) groups is 4. The molecule has 40 heavy (non-hydrogen) atoms. The molecule has 3 amide bonds. The lowest BCUT2D eigenvalue weighted by atomic mass is 9.84. The number of Topliss-reactive ketones (excluding diaryl/α,β-unsaturated/α-hetero) is 1. The summed E-state index contributed by atoms with van der Waals surface area (Å²) in [6.07, 6.45) is 7.87. The summed E-state index contributed by atoms with van der Waals surface area (Å²) in [6.45, 7) is 3.30. The second kappa shape index (κ2) is 12.3. The van der Waals surface area contributed by atoms with Crippen LogP contribution in [0.2, 0.25) is 0 Å². The summed E-state index contributed by atoms with van der Waals surface area (Å²) in [6, 6.07) is -2.37. The second-order valence-electron chi connectivity index (χ2n) is 11.8. The van der Waals surface area contributed by atoms with Gasteiger partial charge in [0.25, 0.3) is 11.8 Å². The number of amides is 3. The number of thioether (sulfide) groups is 1. The van der Waals surface area contributed by atoms with Crippen LogP contribution in [0, 0.1) is 5.92 Å². The highest BCUT2D eigenvalue weighted by Crippen LogP contribution is 2.39. The molecule has 0 bridgehead atoms. The van der Waals surface area contributed by atoms with Crippen LogP contribution in [0.3, 0.4) is 0 Å². The van der Waals surface area contributed by atoms with Crippen LogP contribution in [0.25, 0.3) is 0 Å². The van der Waals surface area contributed by atoms with E-state index < -0.39 is 46.9 Å². The van der Waals surface area contributed by atoms with Gasteiger partial charge in [-0.3, -0.25) is 19.2 Å². The second-order valence-corrected chi connectivity index (χ2v) is 13.4. The Hall–Kier alpha value is -2.22. The molecule has 1 aliphatic carbocycles. The topological polar surface area (TPSA) is 178 Å². The first-order chi connectivity index (χ1) is 18.9. The Kier molecular flexibility index (Phi) is 9.48. The minimum atomic E-state index is -1.59. The number of hydrogen-bond donors (Lipinski definition) is 3. The van der Waals surface area contributed by atoms with E-state index in [1.54, 1.807) is 25.6 Å². The molecule has 0 spiro atoms. The summed E-state index contributed by atoms with van der Waals surface area (Å²) >= 11 is 8.26. The van der Waals surface area contributed by atoms with Gasteiger partial charge in [-0.05, 0) is 50.5 Å². The highest BCUT2D eigenvalue weighted by molar-refractivity contribution is 7.99. The molecule has 2 aliphatic heterocycles. The van der Waals surface area contributed by atoms with Crippen molar-refractivity contribution in [3.05, 3.63) is 11.9 Å². The van der Waals surface area contributed by atoms with Crippen molar-refractivity contribution in [1.29, 1.82) is 0 Å². The van der Waals surface area contributed by atoms with Gasteiger partial charge in [-0.15, -0.1) is 5.10 Å². The Morgan fingerprint density at radius 3 is 2.48 bits per heavy atom. The lowest BCUT2D eigenvalue weighted by molar-refractivity contribution is -0.150. The first-order valence-corrected chi connectivity index (χ1v) is 15.5. The van der Waals surface area contributed by atoms with Gasteiger partial charge in [-0.2, -0.15) is 11.8 Å². The number of carbonyl (C=O) groups excluding carboxylic acids is 4. The molecule has 0 radical (unpaired) electrons. The Morgan fingerprint density at radius 1 is 1.23 bits per heavy atom. The zero-order valence-corrected chi connectivity index (χ0v) is 24.7. The van der Waals surface area contributed by atoms with E-state index in [9.17, 15) is 24.3 Å². The van der Waals surface area contributed by atoms with Crippen molar-refractivity contribution >= 4 is 47.0 Å². The van der Waals surface area contributed by atoms with Crippen molar-refractivity contribution in [2.45, 2.75) is 101 Å². The third-order valence-electron chi connectivity index (χ3n) is 8.56. The number of rotatable bonds is 9. The fraction of sp³-hybridized carbons (Fsp3) is 0.769. The third-order valence-corrected chi connectivity index (χ3v) is 10.0. The summed E-state index contributed by atoms with van der Waals surface area (Å²) in [4.78, 5) is 54.3. The summed E-state index contributed by atoms with van der Waals surface area (Å²) in [5, 5.41) is 18.8. The maximum Gasteiger partial charge on any atom is 0.287 e. The number of nitrogens with two attached hydrogens (primary N) is 2. The highest BCUT2D eigenvalue weighted by Gasteiger charge is 2.53. The van der Waals surface area contributed by atoms with Crippen LogP contribution in [0.5, 0.6) is 0 Å². The van der Waals surface area contributed by atoms with Crippen LogP contribution in [0.4, 0.5) is 0 Å². The Morgan fingerprint density at radius 2 is 1.88 bits per heavy atom. The number of primary amides is 1. The lowest BCUT2D eigenvalue weighted by Gasteiger charge is -2.41. The lowest BCUT2D eigenvalue weighted by Crippen LogP contribution is -2.61. The quantitative estimate of drug-likeness (QED) is 0.279. The third kappa shape index (κ3) is 6.17. The van der Waals surface area contributed by atoms with Crippen molar-refractivity contribution in [3.63, 3.8) is 0 Å². The van der Waals surface area contributed by atoms with Crippen LogP contribution in [-0.2, 0) is 24.8 Å². The first kappa shape index (κ1) is 30.7. The van der Waals surface area contributed by atoms with Crippen LogP contribution in [0.15, 0.2) is 6.20 Å². The molecule has 5 N–H and O–H groups in total. The number of halogens is 1. The smallest absolute Gasteiger partial charge is 0.287 e. The molecule has 3 aliphatic rings. The number of aromatic nitrogens is 3. The van der Waals surface area contributed by atoms with Gasteiger partial charge in [0.15, 0.2) is 0 Å². The van der Waals surface area contributed by atoms with E-state index in [4.69, 9.17) is 23.2 Å². The highest BCUT2D eigenvalue weighted by atomic mass is 35.5. The van der Waals surface area contributed by atoms with Crippen molar-refractivity contribution < 1.29 is 24.3 Å². The molecule has 12 nitrogen and oxygen atoms in total. The Bertz CT molecular complexity index is 1110. The standard InChI is InChI=1S/C26H40ClN7O5S/c1-25(2,39)20-14-30-31-33(20)17-13-19(32(15-17)23(37)18(28)12-16-6-4-3-5-7-16)24(38)34(27)26(21(35)22(29)36)8-10-40-11-9-26/h14,16-19,39H,3-13,15,28H2,1-2H3,(H2,29,36)/t17-,18+,19-/m0/s1. The molecule has 0 unspecified atom stereocenters. The normalized spacial score (nSPS) is 24.5. The Labute approximate surface area is 243 Å². The molecule has 1 saturated carbocycles. The van der Waals surface area contributed by atoms with Gasteiger partial charge in [0, 0.05) is 24.7 Å². The monoisotopic (exact) mass is 597 g/mol. The number of ketones is 1.